The molecule has 0 N–H and O–H groups in total. The minimum absolute atomic E-state index is 0.268. The van der Waals surface area contributed by atoms with E-state index < -0.39 is 17.5 Å². The third-order valence-corrected chi connectivity index (χ3v) is 7.53. The van der Waals surface area contributed by atoms with Gasteiger partial charge in [0.1, 0.15) is 0 Å². The summed E-state index contributed by atoms with van der Waals surface area (Å²) in [5, 5.41) is 0. The fourth-order valence-corrected chi connectivity index (χ4v) is 5.56. The first-order valence-electron chi connectivity index (χ1n) is 10.7. The maximum Gasteiger partial charge on any atom is 0.194 e. The molecule has 5 rings (SSSR count). The van der Waals surface area contributed by atoms with Crippen molar-refractivity contribution in [2.24, 2.45) is 5.41 Å². The molecule has 0 saturated heterocycles. The van der Waals surface area contributed by atoms with Crippen LogP contribution in [-0.2, 0) is 5.41 Å². The number of halogens is 3. The molecule has 2 aromatic rings. The Bertz CT molecular complexity index is 790. The quantitative estimate of drug-likeness (QED) is 0.349. The van der Waals surface area contributed by atoms with Crippen LogP contribution in [0.15, 0.2) is 36.4 Å². The number of benzene rings is 2. The summed E-state index contributed by atoms with van der Waals surface area (Å²) in [6, 6.07) is 10.2. The molecule has 0 spiro atoms. The Hall–Kier alpha value is -1.77. The van der Waals surface area contributed by atoms with E-state index in [9.17, 15) is 13.2 Å². The lowest BCUT2D eigenvalue weighted by Crippen LogP contribution is -2.44. The maximum absolute atomic E-state index is 13.5. The van der Waals surface area contributed by atoms with Crippen LogP contribution in [0.1, 0.15) is 76.7 Å². The highest BCUT2D eigenvalue weighted by molar-refractivity contribution is 5.64. The van der Waals surface area contributed by atoms with Gasteiger partial charge in [0, 0.05) is 0 Å². The molecule has 0 aliphatic heterocycles. The molecular formula is C25H29F3. The molecule has 3 aliphatic rings. The Morgan fingerprint density at radius 1 is 0.750 bits per heavy atom. The highest BCUT2D eigenvalue weighted by Gasteiger charge is 2.48. The van der Waals surface area contributed by atoms with Crippen LogP contribution in [0.25, 0.3) is 11.1 Å². The van der Waals surface area contributed by atoms with E-state index in [0.717, 1.165) is 17.7 Å². The van der Waals surface area contributed by atoms with Crippen molar-refractivity contribution in [1.29, 1.82) is 0 Å². The second-order valence-corrected chi connectivity index (χ2v) is 9.07. The molecular weight excluding hydrogens is 357 g/mol. The fraction of sp³-hybridized carbons (Fsp3) is 0.520. The lowest BCUT2D eigenvalue weighted by atomic mass is 9.51. The third kappa shape index (κ3) is 3.49. The largest absolute Gasteiger partial charge is 0.204 e. The van der Waals surface area contributed by atoms with Crippen molar-refractivity contribution in [1.82, 2.24) is 0 Å². The first-order valence-corrected chi connectivity index (χ1v) is 10.7. The molecule has 2 aromatic carbocycles. The van der Waals surface area contributed by atoms with Gasteiger partial charge in [-0.3, -0.25) is 0 Å². The van der Waals surface area contributed by atoms with E-state index in [2.05, 4.69) is 19.1 Å². The van der Waals surface area contributed by atoms with Gasteiger partial charge in [-0.05, 0) is 84.6 Å². The van der Waals surface area contributed by atoms with Crippen molar-refractivity contribution in [2.75, 3.05) is 0 Å². The molecule has 0 nitrogen and oxygen atoms in total. The summed E-state index contributed by atoms with van der Waals surface area (Å²) in [6.07, 6.45) is 13.1. The average Bonchev–Trinajstić information content (AvgIpc) is 2.73. The Morgan fingerprint density at radius 2 is 1.32 bits per heavy atom. The number of hydrogen-bond acceptors (Lipinski definition) is 0. The van der Waals surface area contributed by atoms with Gasteiger partial charge < -0.3 is 0 Å². The zero-order chi connectivity index (χ0) is 19.8. The van der Waals surface area contributed by atoms with Gasteiger partial charge in [-0.15, -0.1) is 0 Å². The third-order valence-electron chi connectivity index (χ3n) is 7.53. The van der Waals surface area contributed by atoms with Crippen molar-refractivity contribution >= 4 is 0 Å². The summed E-state index contributed by atoms with van der Waals surface area (Å²) < 4.78 is 40.3. The number of fused-ring (bicyclic) bond motifs is 3. The number of rotatable bonds is 6. The van der Waals surface area contributed by atoms with Crippen LogP contribution in [0.3, 0.4) is 0 Å². The zero-order valence-electron chi connectivity index (χ0n) is 16.7. The van der Waals surface area contributed by atoms with Gasteiger partial charge >= 0.3 is 0 Å². The summed E-state index contributed by atoms with van der Waals surface area (Å²) in [5.41, 5.74) is 3.30. The summed E-state index contributed by atoms with van der Waals surface area (Å²) in [4.78, 5) is 0. The number of hydrogen-bond donors (Lipinski definition) is 0. The van der Waals surface area contributed by atoms with Crippen LogP contribution in [0.5, 0.6) is 0 Å². The van der Waals surface area contributed by atoms with E-state index in [4.69, 9.17) is 0 Å². The zero-order valence-corrected chi connectivity index (χ0v) is 16.7. The minimum Gasteiger partial charge on any atom is -0.204 e. The van der Waals surface area contributed by atoms with Gasteiger partial charge in [0.2, 0.25) is 0 Å². The van der Waals surface area contributed by atoms with Crippen molar-refractivity contribution in [3.05, 3.63) is 59.4 Å². The van der Waals surface area contributed by atoms with Gasteiger partial charge in [0.05, 0.1) is 0 Å². The lowest BCUT2D eigenvalue weighted by molar-refractivity contribution is 0.0305. The van der Waals surface area contributed by atoms with Crippen molar-refractivity contribution < 1.29 is 13.2 Å². The summed E-state index contributed by atoms with van der Waals surface area (Å²) in [6.45, 7) is 2.27. The molecule has 0 amide bonds. The van der Waals surface area contributed by atoms with Gasteiger partial charge in [0.15, 0.2) is 17.5 Å². The normalized spacial score (nSPS) is 26.6. The molecule has 0 radical (unpaired) electrons. The van der Waals surface area contributed by atoms with Crippen molar-refractivity contribution in [3.63, 3.8) is 0 Å². The molecule has 0 unspecified atom stereocenters. The smallest absolute Gasteiger partial charge is 0.194 e. The molecule has 3 fully saturated rings. The highest BCUT2D eigenvalue weighted by atomic mass is 19.2. The van der Waals surface area contributed by atoms with Crippen LogP contribution < -0.4 is 0 Å². The Labute approximate surface area is 166 Å². The predicted octanol–water partition coefficient (Wildman–Crippen LogP) is 7.94. The van der Waals surface area contributed by atoms with E-state index in [-0.39, 0.29) is 5.41 Å². The monoisotopic (exact) mass is 386 g/mol. The van der Waals surface area contributed by atoms with Gasteiger partial charge in [-0.2, -0.15) is 0 Å². The van der Waals surface area contributed by atoms with Crippen LogP contribution in [0.4, 0.5) is 13.2 Å². The average molecular weight is 387 g/mol. The Kier molecular flexibility index (Phi) is 5.28. The second kappa shape index (κ2) is 7.57. The van der Waals surface area contributed by atoms with Gasteiger partial charge in [-0.25, -0.2) is 13.2 Å². The Morgan fingerprint density at radius 3 is 1.86 bits per heavy atom. The molecule has 2 bridgehead atoms. The summed E-state index contributed by atoms with van der Waals surface area (Å²) in [5.74, 6) is -3.70. The van der Waals surface area contributed by atoms with Gasteiger partial charge in [-0.1, -0.05) is 50.5 Å². The first-order chi connectivity index (χ1) is 13.5. The molecule has 3 heteroatoms. The minimum atomic E-state index is -1.41. The predicted molar refractivity (Wildman–Crippen MR) is 108 cm³/mol. The van der Waals surface area contributed by atoms with Crippen LogP contribution in [0, 0.1) is 22.9 Å². The SMILES string of the molecule is CCCCCC12CCC(c3ccc(-c4cc(F)c(F)c(F)c4)cc3)(CC1)CC2. The van der Waals surface area contributed by atoms with E-state index in [1.165, 1.54) is 69.8 Å². The van der Waals surface area contributed by atoms with Crippen LogP contribution in [-0.4, -0.2) is 0 Å². The molecule has 28 heavy (non-hydrogen) atoms. The molecule has 3 aliphatic carbocycles. The standard InChI is InChI=1S/C25H29F3/c1-2-3-4-9-24-10-13-25(14-11-24,15-12-24)20-7-5-18(6-8-20)19-16-21(26)23(28)22(27)17-19/h5-8,16-17H,2-4,9-15H2,1H3. The Balaban J connectivity index is 1.50. The van der Waals surface area contributed by atoms with E-state index in [1.54, 1.807) is 0 Å². The van der Waals surface area contributed by atoms with Crippen LogP contribution in [0.2, 0.25) is 0 Å². The second-order valence-electron chi connectivity index (χ2n) is 9.07. The highest BCUT2D eigenvalue weighted by Crippen LogP contribution is 2.59. The van der Waals surface area contributed by atoms with Crippen LogP contribution >= 0.6 is 0 Å². The van der Waals surface area contributed by atoms with E-state index >= 15 is 0 Å². The topological polar surface area (TPSA) is 0 Å². The summed E-state index contributed by atoms with van der Waals surface area (Å²) >= 11 is 0. The fourth-order valence-electron chi connectivity index (χ4n) is 5.56. The van der Waals surface area contributed by atoms with E-state index in [0.29, 0.717) is 11.0 Å². The van der Waals surface area contributed by atoms with Crippen molar-refractivity contribution in [2.45, 2.75) is 76.5 Å². The number of unbranched alkanes of at least 4 members (excludes halogenated alkanes) is 2. The molecule has 150 valence electrons. The molecule has 0 atom stereocenters. The first kappa shape index (κ1) is 19.5. The molecule has 0 heterocycles. The van der Waals surface area contributed by atoms with E-state index in [1.807, 2.05) is 12.1 Å². The maximum atomic E-state index is 13.5. The van der Waals surface area contributed by atoms with Crippen molar-refractivity contribution in [3.8, 4) is 11.1 Å². The lowest BCUT2D eigenvalue weighted by Gasteiger charge is -2.54. The summed E-state index contributed by atoms with van der Waals surface area (Å²) in [7, 11) is 0. The molecule has 3 saturated carbocycles. The van der Waals surface area contributed by atoms with Gasteiger partial charge in [0.25, 0.3) is 0 Å². The molecule has 0 aromatic heterocycles.